The van der Waals surface area contributed by atoms with Gasteiger partial charge in [-0.25, -0.2) is 4.98 Å². The molecule has 0 radical (unpaired) electrons. The Kier molecular flexibility index (Phi) is 4.90. The van der Waals surface area contributed by atoms with Crippen LogP contribution in [0.1, 0.15) is 40.4 Å². The first-order valence-corrected chi connectivity index (χ1v) is 7.47. The lowest BCUT2D eigenvalue weighted by Gasteiger charge is -2.26. The minimum Gasteiger partial charge on any atom is -0.349 e. The Morgan fingerprint density at radius 1 is 1.37 bits per heavy atom. The zero-order chi connectivity index (χ0) is 13.7. The van der Waals surface area contributed by atoms with Crippen molar-refractivity contribution in [3.05, 3.63) is 16.1 Å². The molecule has 6 heteroatoms. The van der Waals surface area contributed by atoms with Crippen LogP contribution >= 0.6 is 11.3 Å². The van der Waals surface area contributed by atoms with Gasteiger partial charge >= 0.3 is 0 Å². The van der Waals surface area contributed by atoms with Crippen LogP contribution in [0.15, 0.2) is 6.20 Å². The summed E-state index contributed by atoms with van der Waals surface area (Å²) in [6.45, 7) is 4.01. The van der Waals surface area contributed by atoms with Gasteiger partial charge in [0.1, 0.15) is 0 Å². The summed E-state index contributed by atoms with van der Waals surface area (Å²) >= 11 is 1.36. The Bertz CT molecular complexity index is 452. The highest BCUT2D eigenvalue weighted by atomic mass is 32.1. The average molecular weight is 281 g/mol. The lowest BCUT2D eigenvalue weighted by atomic mass is 10.1. The molecule has 1 N–H and O–H groups in total. The van der Waals surface area contributed by atoms with Crippen molar-refractivity contribution in [3.63, 3.8) is 0 Å². The molecule has 2 amide bonds. The van der Waals surface area contributed by atoms with Crippen molar-refractivity contribution in [2.24, 2.45) is 0 Å². The number of likely N-dealkylation sites (tertiary alicyclic amines) is 1. The van der Waals surface area contributed by atoms with E-state index in [0.29, 0.717) is 18.0 Å². The van der Waals surface area contributed by atoms with E-state index in [4.69, 9.17) is 0 Å². The van der Waals surface area contributed by atoms with Gasteiger partial charge in [0.2, 0.25) is 5.91 Å². The number of nitrogens with one attached hydrogen (secondary N) is 1. The van der Waals surface area contributed by atoms with E-state index in [9.17, 15) is 9.59 Å². The summed E-state index contributed by atoms with van der Waals surface area (Å²) in [6, 6.07) is 0. The van der Waals surface area contributed by atoms with Gasteiger partial charge in [0.15, 0.2) is 5.01 Å². The molecule has 1 fully saturated rings. The van der Waals surface area contributed by atoms with Crippen LogP contribution in [0, 0.1) is 6.92 Å². The van der Waals surface area contributed by atoms with Gasteiger partial charge in [0.05, 0.1) is 0 Å². The number of aromatic nitrogens is 1. The molecule has 0 aliphatic carbocycles. The highest BCUT2D eigenvalue weighted by molar-refractivity contribution is 7.13. The standard InChI is InChI=1S/C13H19N3O2S/c1-10-9-15-13(19-10)12(18)14-6-5-11(17)16-7-3-2-4-8-16/h9H,2-8H2,1H3,(H,14,18). The molecule has 2 rings (SSSR count). The lowest BCUT2D eigenvalue weighted by molar-refractivity contribution is -0.131. The Morgan fingerprint density at radius 3 is 2.74 bits per heavy atom. The van der Waals surface area contributed by atoms with E-state index in [1.807, 2.05) is 11.8 Å². The zero-order valence-corrected chi connectivity index (χ0v) is 12.0. The fourth-order valence-electron chi connectivity index (χ4n) is 2.12. The fourth-order valence-corrected chi connectivity index (χ4v) is 2.80. The van der Waals surface area contributed by atoms with E-state index in [1.165, 1.54) is 17.8 Å². The van der Waals surface area contributed by atoms with Crippen molar-refractivity contribution in [1.29, 1.82) is 0 Å². The van der Waals surface area contributed by atoms with Gasteiger partial charge in [-0.1, -0.05) is 0 Å². The predicted octanol–water partition coefficient (Wildman–Crippen LogP) is 1.58. The number of rotatable bonds is 4. The number of amides is 2. The summed E-state index contributed by atoms with van der Waals surface area (Å²) in [5, 5.41) is 3.20. The van der Waals surface area contributed by atoms with Crippen LogP contribution in [-0.4, -0.2) is 41.3 Å². The molecule has 104 valence electrons. The van der Waals surface area contributed by atoms with Crippen LogP contribution in [-0.2, 0) is 4.79 Å². The van der Waals surface area contributed by atoms with E-state index in [2.05, 4.69) is 10.3 Å². The predicted molar refractivity (Wildman–Crippen MR) is 74.2 cm³/mol. The van der Waals surface area contributed by atoms with Crippen molar-refractivity contribution < 1.29 is 9.59 Å². The zero-order valence-electron chi connectivity index (χ0n) is 11.1. The molecule has 19 heavy (non-hydrogen) atoms. The number of carbonyl (C=O) groups is 2. The van der Waals surface area contributed by atoms with Gasteiger partial charge in [0, 0.05) is 37.1 Å². The van der Waals surface area contributed by atoms with Crippen LogP contribution in [0.2, 0.25) is 0 Å². The maximum absolute atomic E-state index is 11.9. The van der Waals surface area contributed by atoms with Gasteiger partial charge < -0.3 is 10.2 Å². The van der Waals surface area contributed by atoms with Crippen LogP contribution in [0.3, 0.4) is 0 Å². The third kappa shape index (κ3) is 4.02. The van der Waals surface area contributed by atoms with Gasteiger partial charge in [-0.2, -0.15) is 0 Å². The summed E-state index contributed by atoms with van der Waals surface area (Å²) < 4.78 is 0. The SMILES string of the molecule is Cc1cnc(C(=O)NCCC(=O)N2CCCCC2)s1. The highest BCUT2D eigenvalue weighted by Gasteiger charge is 2.16. The topological polar surface area (TPSA) is 62.3 Å². The molecule has 1 aromatic heterocycles. The van der Waals surface area contributed by atoms with Crippen molar-refractivity contribution in [1.82, 2.24) is 15.2 Å². The van der Waals surface area contributed by atoms with E-state index in [1.54, 1.807) is 6.20 Å². The van der Waals surface area contributed by atoms with E-state index in [-0.39, 0.29) is 11.8 Å². The molecule has 1 saturated heterocycles. The monoisotopic (exact) mass is 281 g/mol. The molecule has 0 unspecified atom stereocenters. The van der Waals surface area contributed by atoms with E-state index in [0.717, 1.165) is 30.8 Å². The number of nitrogens with zero attached hydrogens (tertiary/aromatic N) is 2. The fraction of sp³-hybridized carbons (Fsp3) is 0.615. The molecular weight excluding hydrogens is 262 g/mol. The third-order valence-electron chi connectivity index (χ3n) is 3.15. The number of hydrogen-bond acceptors (Lipinski definition) is 4. The number of hydrogen-bond donors (Lipinski definition) is 1. The van der Waals surface area contributed by atoms with Crippen molar-refractivity contribution in [3.8, 4) is 0 Å². The maximum atomic E-state index is 11.9. The lowest BCUT2D eigenvalue weighted by Crippen LogP contribution is -2.37. The Labute approximate surface area is 117 Å². The first-order chi connectivity index (χ1) is 9.16. The molecular formula is C13H19N3O2S. The Morgan fingerprint density at radius 2 is 2.11 bits per heavy atom. The largest absolute Gasteiger partial charge is 0.349 e. The summed E-state index contributed by atoms with van der Waals surface area (Å²) in [4.78, 5) is 30.5. The van der Waals surface area contributed by atoms with Gasteiger partial charge in [-0.05, 0) is 26.2 Å². The number of piperidine rings is 1. The van der Waals surface area contributed by atoms with Crippen LogP contribution in [0.4, 0.5) is 0 Å². The Balaban J connectivity index is 1.71. The number of thiazole rings is 1. The first-order valence-electron chi connectivity index (χ1n) is 6.65. The summed E-state index contributed by atoms with van der Waals surface area (Å²) in [6.07, 6.45) is 5.45. The summed E-state index contributed by atoms with van der Waals surface area (Å²) in [5.74, 6) is -0.0557. The van der Waals surface area contributed by atoms with E-state index >= 15 is 0 Å². The van der Waals surface area contributed by atoms with Crippen LogP contribution in [0.5, 0.6) is 0 Å². The minimum atomic E-state index is -0.190. The summed E-state index contributed by atoms with van der Waals surface area (Å²) in [5.41, 5.74) is 0. The van der Waals surface area contributed by atoms with Crippen LogP contribution in [0.25, 0.3) is 0 Å². The van der Waals surface area contributed by atoms with Crippen molar-refractivity contribution >= 4 is 23.2 Å². The smallest absolute Gasteiger partial charge is 0.280 e. The quantitative estimate of drug-likeness (QED) is 0.911. The number of aryl methyl sites for hydroxylation is 1. The maximum Gasteiger partial charge on any atom is 0.280 e. The molecule has 5 nitrogen and oxygen atoms in total. The van der Waals surface area contributed by atoms with Crippen LogP contribution < -0.4 is 5.32 Å². The second-order valence-corrected chi connectivity index (χ2v) is 5.96. The Hall–Kier alpha value is -1.43. The van der Waals surface area contributed by atoms with Gasteiger partial charge in [-0.15, -0.1) is 11.3 Å². The second-order valence-electron chi connectivity index (χ2n) is 4.72. The first kappa shape index (κ1) is 14.0. The molecule has 0 bridgehead atoms. The molecule has 1 aromatic rings. The van der Waals surface area contributed by atoms with Gasteiger partial charge in [-0.3, -0.25) is 9.59 Å². The molecule has 0 atom stereocenters. The minimum absolute atomic E-state index is 0.135. The molecule has 2 heterocycles. The summed E-state index contributed by atoms with van der Waals surface area (Å²) in [7, 11) is 0. The van der Waals surface area contributed by atoms with Gasteiger partial charge in [0.25, 0.3) is 5.91 Å². The van der Waals surface area contributed by atoms with E-state index < -0.39 is 0 Å². The molecule has 0 saturated carbocycles. The third-order valence-corrected chi connectivity index (χ3v) is 4.06. The molecule has 0 aromatic carbocycles. The number of carbonyl (C=O) groups excluding carboxylic acids is 2. The molecule has 1 aliphatic rings. The average Bonchev–Trinajstić information content (AvgIpc) is 2.86. The normalized spacial score (nSPS) is 15.3. The highest BCUT2D eigenvalue weighted by Crippen LogP contribution is 2.11. The molecule has 0 spiro atoms. The second kappa shape index (κ2) is 6.65. The molecule has 1 aliphatic heterocycles. The van der Waals surface area contributed by atoms with Crippen molar-refractivity contribution in [2.75, 3.05) is 19.6 Å². The van der Waals surface area contributed by atoms with Crippen molar-refractivity contribution in [2.45, 2.75) is 32.6 Å².